The Morgan fingerprint density at radius 1 is 0.958 bits per heavy atom. The first-order valence-electron chi connectivity index (χ1n) is 8.31. The van der Waals surface area contributed by atoms with Crippen LogP contribution in [0.25, 0.3) is 0 Å². The standard InChI is InChI=1S/C19H26NO3P/c1-4-22-24(21,23-5-2)19(18-13-11-16(3)12-14-18)20-15-17-9-7-6-8-10-17/h6-14,19-20H,4-5,15H2,1-3H3. The molecule has 0 aliphatic carbocycles. The number of nitrogens with one attached hydrogen (secondary N) is 1. The Balaban J connectivity index is 2.29. The highest BCUT2D eigenvalue weighted by atomic mass is 31.2. The number of rotatable bonds is 9. The van der Waals surface area contributed by atoms with Crippen molar-refractivity contribution in [1.82, 2.24) is 5.32 Å². The highest BCUT2D eigenvalue weighted by Gasteiger charge is 2.36. The summed E-state index contributed by atoms with van der Waals surface area (Å²) in [6.07, 6.45) is 0. The second kappa shape index (κ2) is 9.14. The molecule has 2 aromatic carbocycles. The third kappa shape index (κ3) is 5.02. The molecule has 2 rings (SSSR count). The summed E-state index contributed by atoms with van der Waals surface area (Å²) in [7, 11) is -3.31. The third-order valence-electron chi connectivity index (χ3n) is 3.67. The molecule has 0 saturated carbocycles. The third-order valence-corrected chi connectivity index (χ3v) is 6.02. The molecule has 0 radical (unpaired) electrons. The summed E-state index contributed by atoms with van der Waals surface area (Å²) in [5.74, 6) is -0.502. The van der Waals surface area contributed by atoms with Crippen molar-refractivity contribution in [3.8, 4) is 0 Å². The van der Waals surface area contributed by atoms with Gasteiger partial charge in [0.1, 0.15) is 5.78 Å². The molecular formula is C19H26NO3P. The van der Waals surface area contributed by atoms with Gasteiger partial charge in [0.2, 0.25) is 0 Å². The van der Waals surface area contributed by atoms with Gasteiger partial charge in [-0.3, -0.25) is 9.88 Å². The average molecular weight is 347 g/mol. The molecule has 1 unspecified atom stereocenters. The fraction of sp³-hybridized carbons (Fsp3) is 0.368. The number of hydrogen-bond donors (Lipinski definition) is 1. The molecule has 0 aliphatic heterocycles. The molecule has 130 valence electrons. The van der Waals surface area contributed by atoms with Gasteiger partial charge in [0.25, 0.3) is 0 Å². The van der Waals surface area contributed by atoms with Gasteiger partial charge in [-0.1, -0.05) is 60.2 Å². The molecule has 0 fully saturated rings. The zero-order chi connectivity index (χ0) is 17.4. The lowest BCUT2D eigenvalue weighted by atomic mass is 10.1. The molecule has 0 saturated heterocycles. The van der Waals surface area contributed by atoms with E-state index in [1.807, 2.05) is 75.4 Å². The molecule has 24 heavy (non-hydrogen) atoms. The Morgan fingerprint density at radius 2 is 1.54 bits per heavy atom. The molecular weight excluding hydrogens is 321 g/mol. The highest BCUT2D eigenvalue weighted by Crippen LogP contribution is 2.59. The van der Waals surface area contributed by atoms with Crippen molar-refractivity contribution in [1.29, 1.82) is 0 Å². The molecule has 2 aromatic rings. The summed E-state index contributed by atoms with van der Waals surface area (Å²) >= 11 is 0. The zero-order valence-corrected chi connectivity index (χ0v) is 15.5. The van der Waals surface area contributed by atoms with Crippen LogP contribution in [0.5, 0.6) is 0 Å². The molecule has 0 aromatic heterocycles. The van der Waals surface area contributed by atoms with Crippen LogP contribution in [0.2, 0.25) is 0 Å². The largest absolute Gasteiger partial charge is 0.351 e. The molecule has 0 amide bonds. The predicted molar refractivity (Wildman–Crippen MR) is 98.1 cm³/mol. The lowest BCUT2D eigenvalue weighted by molar-refractivity contribution is 0.207. The predicted octanol–water partition coefficient (Wildman–Crippen LogP) is 5.05. The van der Waals surface area contributed by atoms with Crippen molar-refractivity contribution in [3.05, 3.63) is 71.3 Å². The Kier molecular flexibility index (Phi) is 7.19. The minimum atomic E-state index is -3.31. The van der Waals surface area contributed by atoms with Gasteiger partial charge < -0.3 is 9.05 Å². The fourth-order valence-corrected chi connectivity index (χ4v) is 4.46. The zero-order valence-electron chi connectivity index (χ0n) is 14.6. The lowest BCUT2D eigenvalue weighted by Crippen LogP contribution is -2.23. The Morgan fingerprint density at radius 3 is 2.08 bits per heavy atom. The van der Waals surface area contributed by atoms with Crippen LogP contribution in [0.15, 0.2) is 54.6 Å². The van der Waals surface area contributed by atoms with Gasteiger partial charge in [0.15, 0.2) is 0 Å². The molecule has 0 bridgehead atoms. The van der Waals surface area contributed by atoms with Gasteiger partial charge in [-0.25, -0.2) is 0 Å². The first-order valence-corrected chi connectivity index (χ1v) is 9.93. The van der Waals surface area contributed by atoms with E-state index in [0.29, 0.717) is 19.8 Å². The van der Waals surface area contributed by atoms with E-state index in [-0.39, 0.29) is 0 Å². The van der Waals surface area contributed by atoms with Crippen LogP contribution in [0.4, 0.5) is 0 Å². The second-order valence-electron chi connectivity index (χ2n) is 5.56. The summed E-state index contributed by atoms with van der Waals surface area (Å²) in [6, 6.07) is 18.0. The average Bonchev–Trinajstić information content (AvgIpc) is 2.58. The van der Waals surface area contributed by atoms with Crippen LogP contribution in [0, 0.1) is 6.92 Å². The maximum Gasteiger partial charge on any atom is 0.351 e. The molecule has 1 N–H and O–H groups in total. The van der Waals surface area contributed by atoms with Crippen LogP contribution in [0.3, 0.4) is 0 Å². The SMILES string of the molecule is CCOP(=O)(OCC)C(NCc1ccccc1)c1ccc(C)cc1. The minimum absolute atomic E-state index is 0.340. The van der Waals surface area contributed by atoms with Crippen molar-refractivity contribution in [3.63, 3.8) is 0 Å². The fourth-order valence-electron chi connectivity index (χ4n) is 2.52. The summed E-state index contributed by atoms with van der Waals surface area (Å²) < 4.78 is 24.5. The Hall–Kier alpha value is -1.45. The van der Waals surface area contributed by atoms with Crippen molar-refractivity contribution in [2.75, 3.05) is 13.2 Å². The first kappa shape index (κ1) is 18.9. The van der Waals surface area contributed by atoms with Crippen LogP contribution >= 0.6 is 7.60 Å². The van der Waals surface area contributed by atoms with Crippen molar-refractivity contribution >= 4 is 7.60 Å². The maximum atomic E-state index is 13.3. The van der Waals surface area contributed by atoms with E-state index >= 15 is 0 Å². The van der Waals surface area contributed by atoms with Crippen LogP contribution in [-0.2, 0) is 20.2 Å². The smallest absolute Gasteiger partial charge is 0.308 e. The molecule has 4 nitrogen and oxygen atoms in total. The number of aryl methyl sites for hydroxylation is 1. The van der Waals surface area contributed by atoms with E-state index < -0.39 is 13.4 Å². The summed E-state index contributed by atoms with van der Waals surface area (Å²) in [5.41, 5.74) is 3.18. The van der Waals surface area contributed by atoms with Gasteiger partial charge >= 0.3 is 7.60 Å². The highest BCUT2D eigenvalue weighted by molar-refractivity contribution is 7.54. The molecule has 1 atom stereocenters. The first-order chi connectivity index (χ1) is 11.6. The van der Waals surface area contributed by atoms with Crippen molar-refractivity contribution in [2.24, 2.45) is 0 Å². The van der Waals surface area contributed by atoms with Crippen LogP contribution in [0.1, 0.15) is 36.3 Å². The second-order valence-corrected chi connectivity index (χ2v) is 7.67. The van der Waals surface area contributed by atoms with Gasteiger partial charge in [-0.05, 0) is 31.9 Å². The van der Waals surface area contributed by atoms with E-state index in [4.69, 9.17) is 9.05 Å². The van der Waals surface area contributed by atoms with Gasteiger partial charge in [-0.15, -0.1) is 0 Å². The summed E-state index contributed by atoms with van der Waals surface area (Å²) in [5, 5.41) is 3.37. The lowest BCUT2D eigenvalue weighted by Gasteiger charge is -2.27. The van der Waals surface area contributed by atoms with Crippen molar-refractivity contribution < 1.29 is 13.6 Å². The molecule has 0 heterocycles. The Labute approximate surface area is 144 Å². The van der Waals surface area contributed by atoms with Gasteiger partial charge in [-0.2, -0.15) is 0 Å². The molecule has 0 spiro atoms. The number of hydrogen-bond acceptors (Lipinski definition) is 4. The van der Waals surface area contributed by atoms with E-state index in [2.05, 4.69) is 5.32 Å². The van der Waals surface area contributed by atoms with Crippen molar-refractivity contribution in [2.45, 2.75) is 33.1 Å². The van der Waals surface area contributed by atoms with E-state index in [1.165, 1.54) is 0 Å². The maximum absolute atomic E-state index is 13.3. The van der Waals surface area contributed by atoms with E-state index in [1.54, 1.807) is 0 Å². The van der Waals surface area contributed by atoms with Gasteiger partial charge in [0.05, 0.1) is 13.2 Å². The van der Waals surface area contributed by atoms with E-state index in [0.717, 1.165) is 16.7 Å². The quantitative estimate of drug-likeness (QED) is 0.645. The molecule has 0 aliphatic rings. The minimum Gasteiger partial charge on any atom is -0.308 e. The topological polar surface area (TPSA) is 47.6 Å². The van der Waals surface area contributed by atoms with E-state index in [9.17, 15) is 4.57 Å². The Bertz CT molecular complexity index is 648. The van der Waals surface area contributed by atoms with Gasteiger partial charge in [0, 0.05) is 6.54 Å². The normalized spacial score (nSPS) is 13.0. The number of benzene rings is 2. The summed E-state index contributed by atoms with van der Waals surface area (Å²) in [4.78, 5) is 0. The van der Waals surface area contributed by atoms with Crippen LogP contribution < -0.4 is 5.32 Å². The summed E-state index contributed by atoms with van der Waals surface area (Å²) in [6.45, 7) is 6.95. The molecule has 5 heteroatoms. The monoisotopic (exact) mass is 347 g/mol. The van der Waals surface area contributed by atoms with Crippen LogP contribution in [-0.4, -0.2) is 13.2 Å².